The van der Waals surface area contributed by atoms with Crippen molar-refractivity contribution < 1.29 is 0 Å². The molecule has 8 aliphatic heterocycles. The Morgan fingerprint density at radius 3 is 0.636 bits per heavy atom. The van der Waals surface area contributed by atoms with Gasteiger partial charge in [-0.25, -0.2) is 19.9 Å². The van der Waals surface area contributed by atoms with Crippen LogP contribution in [0.1, 0.15) is 130 Å². The molecule has 472 valence electrons. The molecule has 88 heavy (non-hydrogen) atoms. The van der Waals surface area contributed by atoms with Crippen molar-refractivity contribution in [3.8, 4) is 0 Å². The van der Waals surface area contributed by atoms with Crippen LogP contribution in [-0.4, -0.2) is 228 Å². The Labute approximate surface area is 528 Å². The number of imidazole rings is 4. The lowest BCUT2D eigenvalue weighted by molar-refractivity contribution is 0.152. The summed E-state index contributed by atoms with van der Waals surface area (Å²) in [6.07, 6.45) is 62.0. The van der Waals surface area contributed by atoms with Crippen molar-refractivity contribution >= 4 is 34.9 Å². The summed E-state index contributed by atoms with van der Waals surface area (Å²) >= 11 is 0. The number of hydrogen-bond acceptors (Lipinski definition) is 12. The van der Waals surface area contributed by atoms with Gasteiger partial charge in [0.2, 0.25) is 0 Å². The second-order valence-corrected chi connectivity index (χ2v) is 39.9. The zero-order chi connectivity index (χ0) is 60.0. The molecule has 0 aliphatic carbocycles. The van der Waals surface area contributed by atoms with Gasteiger partial charge in [-0.1, -0.05) is 27.7 Å². The van der Waals surface area contributed by atoms with Crippen molar-refractivity contribution in [3.05, 3.63) is 173 Å². The molecule has 0 amide bonds. The normalized spacial score (nSPS) is 24.9. The van der Waals surface area contributed by atoms with Gasteiger partial charge in [0.15, 0.2) is 0 Å². The van der Waals surface area contributed by atoms with Gasteiger partial charge in [0.1, 0.15) is 0 Å². The van der Waals surface area contributed by atoms with E-state index in [2.05, 4.69) is 216 Å². The molecule has 0 bridgehead atoms. The fourth-order valence-corrected chi connectivity index (χ4v) is 37.5. The zero-order valence-corrected chi connectivity index (χ0v) is 57.2. The number of nitrogens with zero attached hydrogens (tertiary/aromatic N) is 20. The molecule has 8 aliphatic rings. The minimum absolute atomic E-state index is 0.764. The maximum atomic E-state index is 4.21. The summed E-state index contributed by atoms with van der Waals surface area (Å²) in [7, 11) is -8.81. The molecule has 0 radical (unpaired) electrons. The van der Waals surface area contributed by atoms with Crippen LogP contribution in [0.15, 0.2) is 173 Å². The Bertz CT molecular complexity index is 2640. The van der Waals surface area contributed by atoms with Gasteiger partial charge in [-0.05, 0) is 279 Å². The van der Waals surface area contributed by atoms with E-state index in [-0.39, 0.29) is 0 Å². The molecule has 8 fully saturated rings. The summed E-state index contributed by atoms with van der Waals surface area (Å²) in [6, 6.07) is 19.7. The predicted molar refractivity (Wildman–Crippen MR) is 358 cm³/mol. The van der Waals surface area contributed by atoms with E-state index in [1.54, 1.807) is 24.8 Å². The fraction of sp³-hybridized carbons (Fsp3) is 0.562. The first-order valence-electron chi connectivity index (χ1n) is 33.9. The minimum Gasteiger partial charge on any atom is -0.329 e. The van der Waals surface area contributed by atoms with Crippen LogP contribution in [0.25, 0.3) is 0 Å². The molecule has 0 aromatic carbocycles. The second kappa shape index (κ2) is 27.5. The van der Waals surface area contributed by atoms with Gasteiger partial charge in [0, 0.05) is 73.7 Å². The molecule has 20 nitrogen and oxygen atoms in total. The van der Waals surface area contributed by atoms with Gasteiger partial charge in [0.05, 0.1) is 25.3 Å². The van der Waals surface area contributed by atoms with Gasteiger partial charge >= 0.3 is 34.9 Å². The lowest BCUT2D eigenvalue weighted by Crippen LogP contribution is -2.84. The monoisotopic (exact) mass is 1260 g/mol. The van der Waals surface area contributed by atoms with Crippen LogP contribution in [0, 0.1) is 0 Å². The first-order chi connectivity index (χ1) is 43.3. The molecular formula is C64H100N20Si4. The SMILES string of the molecule is C1CCN([Si](N2CCCC2)(N2CCCC2)N2CCCC2)C1.CC1CCCN1[Si](N1CCCC1C)(N1CCCC1C)N1CCCC1C.c1ccn([Si](n2cccc2)(n2cccc2)n2cccc2)c1.c1cn([Si](n2ccnc2)(n2ccnc2)n2ccnc2)cn1. The summed E-state index contributed by atoms with van der Waals surface area (Å²) < 4.78 is 41.9. The van der Waals surface area contributed by atoms with Crippen molar-refractivity contribution in [3.63, 3.8) is 0 Å². The first-order valence-corrected chi connectivity index (χ1v) is 41.0. The van der Waals surface area contributed by atoms with Crippen LogP contribution in [0.5, 0.6) is 0 Å². The molecule has 24 heteroatoms. The van der Waals surface area contributed by atoms with Crippen molar-refractivity contribution in [2.45, 2.75) is 155 Å². The molecule has 8 saturated heterocycles. The fourth-order valence-electron chi connectivity index (χ4n) is 17.3. The first kappa shape index (κ1) is 61.4. The Morgan fingerprint density at radius 2 is 0.455 bits per heavy atom. The van der Waals surface area contributed by atoms with Crippen LogP contribution in [0.3, 0.4) is 0 Å². The summed E-state index contributed by atoms with van der Waals surface area (Å²) in [5.41, 5.74) is 0. The maximum absolute atomic E-state index is 4.21. The van der Waals surface area contributed by atoms with E-state index in [9.17, 15) is 0 Å². The molecule has 8 aromatic heterocycles. The average Bonchev–Trinajstić information content (AvgIpc) is 1.77. The Morgan fingerprint density at radius 1 is 0.239 bits per heavy atom. The zero-order valence-electron chi connectivity index (χ0n) is 53.2. The standard InChI is InChI=1S/C20H40N4Si.C16H32N4Si.C16H16N4Si.C12H12N8Si/c1-17-9-5-13-21(17)25(22-14-6-10-18(22)2,23-15-7-11-19(23)3)24-16-8-12-20(24)4;2*1-2-10-17(9-1)21(18-11-3-4-12-18,19-13-5-6-14-19)20-15-7-8-16-20;1-5-17(9-13-1)21(18-6-2-14-10-18,19-7-3-15-11-19)20-8-4-16-12-20/h17-20H,5-16H2,1-4H3;1-16H2;1-16H;1-12H. The molecule has 0 saturated carbocycles. The van der Waals surface area contributed by atoms with Gasteiger partial charge < -0.3 is 33.9 Å². The summed E-state index contributed by atoms with van der Waals surface area (Å²) in [5.74, 6) is 0. The van der Waals surface area contributed by atoms with Crippen LogP contribution in [0.2, 0.25) is 0 Å². The summed E-state index contributed by atoms with van der Waals surface area (Å²) in [5, 5.41) is 0. The molecule has 4 atom stereocenters. The van der Waals surface area contributed by atoms with Crippen LogP contribution in [0.4, 0.5) is 0 Å². The number of aromatic nitrogens is 12. The third-order valence-corrected chi connectivity index (χ3v) is 39.8. The third-order valence-electron chi connectivity index (χ3n) is 21.1. The Balaban J connectivity index is 0.000000109. The average molecular weight is 1260 g/mol. The van der Waals surface area contributed by atoms with Crippen LogP contribution >= 0.6 is 0 Å². The van der Waals surface area contributed by atoms with Crippen molar-refractivity contribution in [1.82, 2.24) is 90.3 Å². The highest BCUT2D eigenvalue weighted by Gasteiger charge is 2.64. The quantitative estimate of drug-likeness (QED) is 0.0866. The van der Waals surface area contributed by atoms with E-state index in [1.165, 1.54) is 181 Å². The minimum atomic E-state index is -2.67. The van der Waals surface area contributed by atoms with Crippen molar-refractivity contribution in [2.75, 3.05) is 78.5 Å². The number of rotatable bonds is 16. The largest absolute Gasteiger partial charge is 0.522 e. The molecule has 16 rings (SSSR count). The van der Waals surface area contributed by atoms with Gasteiger partial charge in [-0.15, -0.1) is 0 Å². The van der Waals surface area contributed by atoms with E-state index in [4.69, 9.17) is 0 Å². The molecule has 4 unspecified atom stereocenters. The third kappa shape index (κ3) is 11.1. The van der Waals surface area contributed by atoms with Gasteiger partial charge in [-0.3, -0.25) is 36.5 Å². The molecule has 0 spiro atoms. The molecule has 0 N–H and O–H groups in total. The van der Waals surface area contributed by atoms with E-state index >= 15 is 0 Å². The van der Waals surface area contributed by atoms with Gasteiger partial charge in [0.25, 0.3) is 0 Å². The molecular weight excluding hydrogens is 1160 g/mol. The smallest absolute Gasteiger partial charge is 0.329 e. The van der Waals surface area contributed by atoms with Gasteiger partial charge in [-0.2, -0.15) is 0 Å². The van der Waals surface area contributed by atoms with E-state index in [0.717, 1.165) is 24.2 Å². The second-order valence-electron chi connectivity index (χ2n) is 26.2. The van der Waals surface area contributed by atoms with E-state index in [1.807, 2.05) is 50.1 Å². The van der Waals surface area contributed by atoms with Crippen molar-refractivity contribution in [1.29, 1.82) is 0 Å². The lowest BCUT2D eigenvalue weighted by atomic mass is 10.3. The Hall–Kier alpha value is -5.49. The maximum Gasteiger partial charge on any atom is 0.522 e. The number of hydrogen-bond donors (Lipinski definition) is 0. The lowest BCUT2D eigenvalue weighted by Gasteiger charge is -2.59. The molecule has 8 aromatic rings. The van der Waals surface area contributed by atoms with Crippen molar-refractivity contribution in [2.24, 2.45) is 0 Å². The highest BCUT2D eigenvalue weighted by atomic mass is 28.4. The highest BCUT2D eigenvalue weighted by molar-refractivity contribution is 6.74. The van der Waals surface area contributed by atoms with Crippen LogP contribution < -0.4 is 0 Å². The Kier molecular flexibility index (Phi) is 19.2. The summed E-state index contributed by atoms with van der Waals surface area (Å²) in [4.78, 5) is 16.9. The summed E-state index contributed by atoms with van der Waals surface area (Å²) in [6.45, 7) is 26.4. The predicted octanol–water partition coefficient (Wildman–Crippen LogP) is 8.39. The van der Waals surface area contributed by atoms with Crippen LogP contribution in [-0.2, 0) is 0 Å². The topological polar surface area (TPSA) is 117 Å². The highest BCUT2D eigenvalue weighted by Crippen LogP contribution is 2.43. The van der Waals surface area contributed by atoms with E-state index < -0.39 is 34.9 Å². The van der Waals surface area contributed by atoms with E-state index in [0.29, 0.717) is 0 Å². The molecule has 16 heterocycles.